The molecule has 0 atom stereocenters. The van der Waals surface area contributed by atoms with Crippen LogP contribution in [0.25, 0.3) is 0 Å². The van der Waals surface area contributed by atoms with Crippen LogP contribution in [0.5, 0.6) is 11.5 Å². The van der Waals surface area contributed by atoms with Crippen LogP contribution in [0.15, 0.2) is 53.4 Å². The zero-order valence-electron chi connectivity index (χ0n) is 12.2. The maximum atomic E-state index is 11.5. The van der Waals surface area contributed by atoms with Crippen LogP contribution in [0, 0.1) is 12.3 Å². The van der Waals surface area contributed by atoms with E-state index in [0.29, 0.717) is 11.5 Å². The predicted molar refractivity (Wildman–Crippen MR) is 84.7 cm³/mol. The van der Waals surface area contributed by atoms with Gasteiger partial charge in [0.2, 0.25) is 0 Å². The van der Waals surface area contributed by atoms with Gasteiger partial charge in [-0.3, -0.25) is 0 Å². The van der Waals surface area contributed by atoms with Crippen molar-refractivity contribution >= 4 is 9.84 Å². The number of terminal acetylenes is 1. The van der Waals surface area contributed by atoms with E-state index in [1.807, 2.05) is 6.07 Å². The highest BCUT2D eigenvalue weighted by molar-refractivity contribution is 7.90. The molecule has 0 bridgehead atoms. The van der Waals surface area contributed by atoms with Crippen LogP contribution in [0.2, 0.25) is 0 Å². The van der Waals surface area contributed by atoms with E-state index in [4.69, 9.17) is 15.9 Å². The van der Waals surface area contributed by atoms with Gasteiger partial charge in [-0.2, -0.15) is 0 Å². The van der Waals surface area contributed by atoms with Crippen molar-refractivity contribution in [1.29, 1.82) is 0 Å². The summed E-state index contributed by atoms with van der Waals surface area (Å²) in [6.07, 6.45) is 6.32. The first-order chi connectivity index (χ1) is 10.5. The van der Waals surface area contributed by atoms with Crippen LogP contribution in [-0.4, -0.2) is 21.3 Å². The van der Waals surface area contributed by atoms with E-state index < -0.39 is 9.84 Å². The molecule has 2 rings (SSSR count). The maximum Gasteiger partial charge on any atom is 0.175 e. The topological polar surface area (TPSA) is 52.6 Å². The molecule has 0 aliphatic carbocycles. The van der Waals surface area contributed by atoms with Gasteiger partial charge in [-0.25, -0.2) is 8.42 Å². The molecule has 2 aromatic carbocycles. The minimum atomic E-state index is -3.22. The van der Waals surface area contributed by atoms with Crippen LogP contribution in [0.3, 0.4) is 0 Å². The Bertz CT molecular complexity index is 788. The van der Waals surface area contributed by atoms with Crippen LogP contribution in [0.4, 0.5) is 0 Å². The monoisotopic (exact) mass is 316 g/mol. The quantitative estimate of drug-likeness (QED) is 0.769. The second-order valence-electron chi connectivity index (χ2n) is 4.68. The van der Waals surface area contributed by atoms with Gasteiger partial charge in [-0.1, -0.05) is 24.1 Å². The van der Waals surface area contributed by atoms with Crippen molar-refractivity contribution in [3.05, 3.63) is 54.1 Å². The molecular formula is C17H16O4S. The van der Waals surface area contributed by atoms with E-state index in [-0.39, 0.29) is 18.1 Å². The average Bonchev–Trinajstić information content (AvgIpc) is 2.51. The SMILES string of the molecule is C#CCOc1cccc(OCc2cccc(S(C)(=O)=O)c2)c1. The molecule has 5 heteroatoms. The first-order valence-corrected chi connectivity index (χ1v) is 8.46. The number of hydrogen-bond donors (Lipinski definition) is 0. The zero-order chi connectivity index (χ0) is 16.0. The highest BCUT2D eigenvalue weighted by Crippen LogP contribution is 2.21. The van der Waals surface area contributed by atoms with E-state index in [2.05, 4.69) is 5.92 Å². The fourth-order valence-electron chi connectivity index (χ4n) is 1.81. The van der Waals surface area contributed by atoms with E-state index in [1.165, 1.54) is 6.26 Å². The summed E-state index contributed by atoms with van der Waals surface area (Å²) in [5.74, 6) is 3.64. The molecule has 0 spiro atoms. The smallest absolute Gasteiger partial charge is 0.175 e. The Kier molecular flexibility index (Phi) is 5.08. The Hall–Kier alpha value is -2.45. The molecule has 0 fully saturated rings. The van der Waals surface area contributed by atoms with E-state index in [9.17, 15) is 8.42 Å². The Balaban J connectivity index is 2.06. The average molecular weight is 316 g/mol. The zero-order valence-corrected chi connectivity index (χ0v) is 13.0. The van der Waals surface area contributed by atoms with Gasteiger partial charge in [0.15, 0.2) is 9.84 Å². The summed E-state index contributed by atoms with van der Waals surface area (Å²) in [5, 5.41) is 0. The Morgan fingerprint density at radius 2 is 1.73 bits per heavy atom. The van der Waals surface area contributed by atoms with Crippen LogP contribution >= 0.6 is 0 Å². The largest absolute Gasteiger partial charge is 0.489 e. The second kappa shape index (κ2) is 7.01. The van der Waals surface area contributed by atoms with Crippen LogP contribution < -0.4 is 9.47 Å². The molecule has 22 heavy (non-hydrogen) atoms. The highest BCUT2D eigenvalue weighted by Gasteiger charge is 2.07. The predicted octanol–water partition coefficient (Wildman–Crippen LogP) is 2.68. The lowest BCUT2D eigenvalue weighted by molar-refractivity contribution is 0.302. The molecule has 0 saturated carbocycles. The summed E-state index contributed by atoms with van der Waals surface area (Å²) in [6.45, 7) is 0.460. The fraction of sp³-hybridized carbons (Fsp3) is 0.176. The lowest BCUT2D eigenvalue weighted by Crippen LogP contribution is -2.01. The summed E-state index contributed by atoms with van der Waals surface area (Å²) >= 11 is 0. The minimum absolute atomic E-state index is 0.194. The van der Waals surface area contributed by atoms with Crippen LogP contribution in [-0.2, 0) is 16.4 Å². The molecule has 0 aliphatic heterocycles. The first kappa shape index (κ1) is 15.9. The molecule has 0 unspecified atom stereocenters. The van der Waals surface area contributed by atoms with Gasteiger partial charge in [0.25, 0.3) is 0 Å². The van der Waals surface area contributed by atoms with E-state index in [1.54, 1.807) is 42.5 Å². The van der Waals surface area contributed by atoms with Crippen molar-refractivity contribution in [2.45, 2.75) is 11.5 Å². The van der Waals surface area contributed by atoms with E-state index >= 15 is 0 Å². The van der Waals surface area contributed by atoms with Gasteiger partial charge in [-0.15, -0.1) is 6.42 Å². The van der Waals surface area contributed by atoms with Gasteiger partial charge in [0, 0.05) is 12.3 Å². The summed E-state index contributed by atoms with van der Waals surface area (Å²) in [5.41, 5.74) is 0.776. The third kappa shape index (κ3) is 4.54. The first-order valence-electron chi connectivity index (χ1n) is 6.57. The molecule has 0 aliphatic rings. The van der Waals surface area contributed by atoms with E-state index in [0.717, 1.165) is 5.56 Å². The summed E-state index contributed by atoms with van der Waals surface area (Å²) in [4.78, 5) is 0.278. The molecule has 0 heterocycles. The number of rotatable bonds is 6. The fourth-order valence-corrected chi connectivity index (χ4v) is 2.50. The maximum absolute atomic E-state index is 11.5. The van der Waals surface area contributed by atoms with Crippen molar-refractivity contribution in [2.75, 3.05) is 12.9 Å². The van der Waals surface area contributed by atoms with Gasteiger partial charge < -0.3 is 9.47 Å². The van der Waals surface area contributed by atoms with Gasteiger partial charge >= 0.3 is 0 Å². The number of sulfone groups is 1. The van der Waals surface area contributed by atoms with Gasteiger partial charge in [0.05, 0.1) is 4.90 Å². The molecule has 0 radical (unpaired) electrons. The van der Waals surface area contributed by atoms with Crippen molar-refractivity contribution in [2.24, 2.45) is 0 Å². The molecule has 0 amide bonds. The molecule has 0 aromatic heterocycles. The third-order valence-electron chi connectivity index (χ3n) is 2.86. The van der Waals surface area contributed by atoms with Crippen molar-refractivity contribution in [3.63, 3.8) is 0 Å². The summed E-state index contributed by atoms with van der Waals surface area (Å²) < 4.78 is 34.0. The lowest BCUT2D eigenvalue weighted by atomic mass is 10.2. The Morgan fingerprint density at radius 1 is 1.05 bits per heavy atom. The molecule has 0 saturated heterocycles. The highest BCUT2D eigenvalue weighted by atomic mass is 32.2. The lowest BCUT2D eigenvalue weighted by Gasteiger charge is -2.09. The van der Waals surface area contributed by atoms with Crippen molar-refractivity contribution in [3.8, 4) is 23.8 Å². The molecule has 0 N–H and O–H groups in total. The molecule has 114 valence electrons. The van der Waals surface area contributed by atoms with Gasteiger partial charge in [-0.05, 0) is 29.8 Å². The standard InChI is InChI=1S/C17H16O4S/c1-3-10-20-15-7-5-8-16(12-15)21-13-14-6-4-9-17(11-14)22(2,18)19/h1,4-9,11-12H,10,13H2,2H3. The number of hydrogen-bond acceptors (Lipinski definition) is 4. The molecular weight excluding hydrogens is 300 g/mol. The third-order valence-corrected chi connectivity index (χ3v) is 3.97. The molecule has 2 aromatic rings. The second-order valence-corrected chi connectivity index (χ2v) is 6.69. The Labute approximate surface area is 130 Å². The number of ether oxygens (including phenoxy) is 2. The number of benzene rings is 2. The van der Waals surface area contributed by atoms with Crippen molar-refractivity contribution in [1.82, 2.24) is 0 Å². The summed E-state index contributed by atoms with van der Waals surface area (Å²) in [7, 11) is -3.22. The Morgan fingerprint density at radius 3 is 2.41 bits per heavy atom. The normalized spacial score (nSPS) is 10.7. The minimum Gasteiger partial charge on any atom is -0.489 e. The van der Waals surface area contributed by atoms with Gasteiger partial charge in [0.1, 0.15) is 24.7 Å². The van der Waals surface area contributed by atoms with Crippen molar-refractivity contribution < 1.29 is 17.9 Å². The summed E-state index contributed by atoms with van der Waals surface area (Å²) in [6, 6.07) is 13.8. The van der Waals surface area contributed by atoms with Crippen LogP contribution in [0.1, 0.15) is 5.56 Å². The molecule has 4 nitrogen and oxygen atoms in total.